The number of carbonyl (C=O) groups is 1. The van der Waals surface area contributed by atoms with E-state index in [9.17, 15) is 4.79 Å². The lowest BCUT2D eigenvalue weighted by Crippen LogP contribution is -2.25. The Morgan fingerprint density at radius 1 is 1.24 bits per heavy atom. The van der Waals surface area contributed by atoms with Crippen molar-refractivity contribution in [2.75, 3.05) is 20.8 Å². The first-order valence-electron chi connectivity index (χ1n) is 7.95. The Morgan fingerprint density at radius 3 is 2.68 bits per heavy atom. The van der Waals surface area contributed by atoms with E-state index in [-0.39, 0.29) is 12.3 Å². The molecule has 134 valence electrons. The van der Waals surface area contributed by atoms with Crippen LogP contribution in [0.2, 0.25) is 0 Å². The lowest BCUT2D eigenvalue weighted by atomic mass is 10.1. The number of aryl methyl sites for hydroxylation is 1. The molecule has 7 heteroatoms. The van der Waals surface area contributed by atoms with Gasteiger partial charge in [-0.1, -0.05) is 12.2 Å². The third kappa shape index (κ3) is 5.63. The summed E-state index contributed by atoms with van der Waals surface area (Å²) in [6.45, 7) is 6.07. The number of benzene rings is 1. The number of rotatable bonds is 9. The van der Waals surface area contributed by atoms with Gasteiger partial charge in [0.2, 0.25) is 17.7 Å². The molecule has 7 nitrogen and oxygen atoms in total. The summed E-state index contributed by atoms with van der Waals surface area (Å²) in [4.78, 5) is 11.7. The summed E-state index contributed by atoms with van der Waals surface area (Å²) in [6.07, 6.45) is 1.11. The normalized spacial score (nSPS) is 10.4. The van der Waals surface area contributed by atoms with E-state index in [0.29, 0.717) is 31.2 Å². The van der Waals surface area contributed by atoms with Crippen molar-refractivity contribution in [3.63, 3.8) is 0 Å². The van der Waals surface area contributed by atoms with E-state index < -0.39 is 0 Å². The van der Waals surface area contributed by atoms with Crippen LogP contribution in [0.15, 0.2) is 34.8 Å². The Bertz CT molecular complexity index is 740. The van der Waals surface area contributed by atoms with Crippen molar-refractivity contribution in [3.05, 3.63) is 47.7 Å². The zero-order valence-electron chi connectivity index (χ0n) is 14.8. The molecule has 0 unspecified atom stereocenters. The maximum absolute atomic E-state index is 11.7. The molecule has 1 aromatic carbocycles. The Labute approximate surface area is 147 Å². The first kappa shape index (κ1) is 18.5. The summed E-state index contributed by atoms with van der Waals surface area (Å²) in [6, 6.07) is 5.52. The van der Waals surface area contributed by atoms with E-state index in [0.717, 1.165) is 22.6 Å². The number of amides is 1. The first-order chi connectivity index (χ1) is 12.0. The Morgan fingerprint density at radius 2 is 2.00 bits per heavy atom. The van der Waals surface area contributed by atoms with Gasteiger partial charge in [0.05, 0.1) is 20.6 Å². The second-order valence-electron chi connectivity index (χ2n) is 5.68. The molecule has 0 aliphatic heterocycles. The van der Waals surface area contributed by atoms with Gasteiger partial charge >= 0.3 is 0 Å². The zero-order chi connectivity index (χ0) is 18.2. The zero-order valence-corrected chi connectivity index (χ0v) is 14.8. The number of aromatic nitrogens is 2. The van der Waals surface area contributed by atoms with Gasteiger partial charge < -0.3 is 19.2 Å². The maximum atomic E-state index is 11.7. The molecule has 2 aromatic rings. The summed E-state index contributed by atoms with van der Waals surface area (Å²) in [7, 11) is 3.21. The molecular weight excluding hydrogens is 322 g/mol. The van der Waals surface area contributed by atoms with Gasteiger partial charge in [0.15, 0.2) is 0 Å². The van der Waals surface area contributed by atoms with Gasteiger partial charge in [0, 0.05) is 24.9 Å². The average Bonchev–Trinajstić information content (AvgIpc) is 3.05. The number of nitrogens with one attached hydrogen (secondary N) is 1. The van der Waals surface area contributed by atoms with Crippen LogP contribution in [0.25, 0.3) is 0 Å². The van der Waals surface area contributed by atoms with Crippen LogP contribution >= 0.6 is 0 Å². The molecule has 0 saturated heterocycles. The van der Waals surface area contributed by atoms with Crippen molar-refractivity contribution >= 4 is 5.91 Å². The standard InChI is InChI=1S/C18H23N3O4/c1-12(2)11-19-16(22)7-8-17-20-21-18(25-17)10-13-9-14(23-3)5-6-15(13)24-4/h5-6,9H,1,7-8,10-11H2,2-4H3,(H,19,22). The van der Waals surface area contributed by atoms with Crippen molar-refractivity contribution in [1.29, 1.82) is 0 Å². The van der Waals surface area contributed by atoms with E-state index in [2.05, 4.69) is 22.1 Å². The molecule has 1 aromatic heterocycles. The van der Waals surface area contributed by atoms with Crippen molar-refractivity contribution < 1.29 is 18.7 Å². The SMILES string of the molecule is C=C(C)CNC(=O)CCc1nnc(Cc2cc(OC)ccc2OC)o1. The predicted octanol–water partition coefficient (Wildman–Crippen LogP) is 2.30. The molecule has 0 bridgehead atoms. The van der Waals surface area contributed by atoms with Gasteiger partial charge in [-0.2, -0.15) is 0 Å². The number of ether oxygens (including phenoxy) is 2. The predicted molar refractivity (Wildman–Crippen MR) is 92.8 cm³/mol. The average molecular weight is 345 g/mol. The summed E-state index contributed by atoms with van der Waals surface area (Å²) in [5.41, 5.74) is 1.79. The third-order valence-corrected chi connectivity index (χ3v) is 3.49. The molecule has 0 fully saturated rings. The minimum Gasteiger partial charge on any atom is -0.497 e. The molecule has 0 aliphatic rings. The van der Waals surface area contributed by atoms with Gasteiger partial charge in [-0.05, 0) is 25.1 Å². The van der Waals surface area contributed by atoms with Gasteiger partial charge in [0.25, 0.3) is 0 Å². The largest absolute Gasteiger partial charge is 0.497 e. The van der Waals surface area contributed by atoms with E-state index in [1.165, 1.54) is 0 Å². The molecule has 0 atom stereocenters. The molecule has 1 N–H and O–H groups in total. The Kier molecular flexibility index (Phi) is 6.56. The fraction of sp³-hybridized carbons (Fsp3) is 0.389. The van der Waals surface area contributed by atoms with Crippen LogP contribution in [0.4, 0.5) is 0 Å². The Balaban J connectivity index is 1.95. The molecule has 0 saturated carbocycles. The Hall–Kier alpha value is -2.83. The smallest absolute Gasteiger partial charge is 0.221 e. The number of carbonyl (C=O) groups excluding carboxylic acids is 1. The maximum Gasteiger partial charge on any atom is 0.221 e. The van der Waals surface area contributed by atoms with Crippen LogP contribution in [-0.4, -0.2) is 36.9 Å². The third-order valence-electron chi connectivity index (χ3n) is 3.49. The number of hydrogen-bond acceptors (Lipinski definition) is 6. The second-order valence-corrected chi connectivity index (χ2v) is 5.68. The van der Waals surface area contributed by atoms with E-state index in [1.807, 2.05) is 25.1 Å². The lowest BCUT2D eigenvalue weighted by molar-refractivity contribution is -0.120. The molecule has 0 spiro atoms. The molecule has 0 aliphatic carbocycles. The number of nitrogens with zero attached hydrogens (tertiary/aromatic N) is 2. The van der Waals surface area contributed by atoms with Crippen molar-refractivity contribution in [2.24, 2.45) is 0 Å². The van der Waals surface area contributed by atoms with Crippen LogP contribution in [-0.2, 0) is 17.6 Å². The van der Waals surface area contributed by atoms with Gasteiger partial charge in [-0.25, -0.2) is 0 Å². The highest BCUT2D eigenvalue weighted by Gasteiger charge is 2.12. The molecular formula is C18H23N3O4. The van der Waals surface area contributed by atoms with E-state index >= 15 is 0 Å². The highest BCUT2D eigenvalue weighted by Crippen LogP contribution is 2.26. The van der Waals surface area contributed by atoms with Crippen LogP contribution in [0, 0.1) is 0 Å². The van der Waals surface area contributed by atoms with Crippen LogP contribution < -0.4 is 14.8 Å². The van der Waals surface area contributed by atoms with Crippen LogP contribution in [0.5, 0.6) is 11.5 Å². The fourth-order valence-corrected chi connectivity index (χ4v) is 2.20. The van der Waals surface area contributed by atoms with E-state index in [4.69, 9.17) is 13.9 Å². The topological polar surface area (TPSA) is 86.5 Å². The van der Waals surface area contributed by atoms with Gasteiger partial charge in [-0.15, -0.1) is 10.2 Å². The van der Waals surface area contributed by atoms with Crippen LogP contribution in [0.3, 0.4) is 0 Å². The number of methoxy groups -OCH3 is 2. The second kappa shape index (κ2) is 8.86. The molecule has 2 rings (SSSR count). The van der Waals surface area contributed by atoms with Crippen molar-refractivity contribution in [2.45, 2.75) is 26.2 Å². The monoisotopic (exact) mass is 345 g/mol. The van der Waals surface area contributed by atoms with Crippen molar-refractivity contribution in [3.8, 4) is 11.5 Å². The summed E-state index contributed by atoms with van der Waals surface area (Å²) in [5, 5.41) is 10.8. The minimum atomic E-state index is -0.0720. The van der Waals surface area contributed by atoms with Crippen molar-refractivity contribution in [1.82, 2.24) is 15.5 Å². The van der Waals surface area contributed by atoms with Gasteiger partial charge in [0.1, 0.15) is 11.5 Å². The molecule has 1 heterocycles. The summed E-state index contributed by atoms with van der Waals surface area (Å²) < 4.78 is 16.2. The van der Waals surface area contributed by atoms with Gasteiger partial charge in [-0.3, -0.25) is 4.79 Å². The van der Waals surface area contributed by atoms with E-state index in [1.54, 1.807) is 14.2 Å². The number of hydrogen-bond donors (Lipinski definition) is 1. The minimum absolute atomic E-state index is 0.0720. The highest BCUT2D eigenvalue weighted by molar-refractivity contribution is 5.76. The molecule has 0 radical (unpaired) electrons. The van der Waals surface area contributed by atoms with Crippen LogP contribution in [0.1, 0.15) is 30.7 Å². The molecule has 25 heavy (non-hydrogen) atoms. The lowest BCUT2D eigenvalue weighted by Gasteiger charge is -2.08. The summed E-state index contributed by atoms with van der Waals surface area (Å²) >= 11 is 0. The fourth-order valence-electron chi connectivity index (χ4n) is 2.20. The first-order valence-corrected chi connectivity index (χ1v) is 7.95. The summed E-state index contributed by atoms with van der Waals surface area (Å²) in [5.74, 6) is 2.27. The quantitative estimate of drug-likeness (QED) is 0.702. The highest BCUT2D eigenvalue weighted by atomic mass is 16.5. The molecule has 1 amide bonds.